The van der Waals surface area contributed by atoms with E-state index >= 15 is 0 Å². The van der Waals surface area contributed by atoms with Crippen LogP contribution in [0.5, 0.6) is 0 Å². The number of nitrogens with one attached hydrogen (secondary N) is 1. The van der Waals surface area contributed by atoms with E-state index in [1.807, 2.05) is 6.07 Å². The number of rotatable bonds is 4. The molecule has 5 nitrogen and oxygen atoms in total. The van der Waals surface area contributed by atoms with Crippen molar-refractivity contribution in [3.63, 3.8) is 0 Å². The first-order valence-electron chi connectivity index (χ1n) is 5.95. The van der Waals surface area contributed by atoms with Crippen LogP contribution in [0.15, 0.2) is 42.5 Å². The Morgan fingerprint density at radius 2 is 1.95 bits per heavy atom. The lowest BCUT2D eigenvalue weighted by atomic mass is 10.2. The summed E-state index contributed by atoms with van der Waals surface area (Å²) in [6, 6.07) is 13.0. The minimum absolute atomic E-state index is 0.192. The van der Waals surface area contributed by atoms with Crippen molar-refractivity contribution < 1.29 is 8.42 Å². The molecule has 0 atom stereocenters. The average molecular weight is 322 g/mol. The standard InChI is InChI=1S/C14H12ClN3O2S/c15-13-7-12(6-5-10(13)8-16)18-21(19,20)9-11-3-1-2-4-14(11)17/h1-7,18H,9,17H2. The van der Waals surface area contributed by atoms with Gasteiger partial charge in [-0.25, -0.2) is 8.42 Å². The van der Waals surface area contributed by atoms with Crippen molar-refractivity contribution in [1.82, 2.24) is 0 Å². The van der Waals surface area contributed by atoms with Gasteiger partial charge in [0.2, 0.25) is 10.0 Å². The van der Waals surface area contributed by atoms with Gasteiger partial charge in [0.05, 0.1) is 22.0 Å². The quantitative estimate of drug-likeness (QED) is 0.846. The average Bonchev–Trinajstić information content (AvgIpc) is 2.41. The summed E-state index contributed by atoms with van der Waals surface area (Å²) in [4.78, 5) is 0. The molecule has 0 aliphatic heterocycles. The van der Waals surface area contributed by atoms with Gasteiger partial charge >= 0.3 is 0 Å². The van der Waals surface area contributed by atoms with Crippen molar-refractivity contribution in [2.75, 3.05) is 10.5 Å². The van der Waals surface area contributed by atoms with Crippen LogP contribution in [0.1, 0.15) is 11.1 Å². The van der Waals surface area contributed by atoms with E-state index in [1.165, 1.54) is 18.2 Å². The van der Waals surface area contributed by atoms with E-state index in [2.05, 4.69) is 4.72 Å². The van der Waals surface area contributed by atoms with Gasteiger partial charge in [0.1, 0.15) is 6.07 Å². The number of nitrogens with two attached hydrogens (primary N) is 1. The number of nitrogens with zero attached hydrogens (tertiary/aromatic N) is 1. The van der Waals surface area contributed by atoms with Gasteiger partial charge in [0.25, 0.3) is 0 Å². The van der Waals surface area contributed by atoms with Crippen LogP contribution in [0, 0.1) is 11.3 Å². The second-order valence-electron chi connectivity index (χ2n) is 4.37. The molecule has 0 spiro atoms. The Hall–Kier alpha value is -2.23. The molecule has 0 heterocycles. The maximum absolute atomic E-state index is 12.1. The zero-order valence-corrected chi connectivity index (χ0v) is 12.4. The highest BCUT2D eigenvalue weighted by molar-refractivity contribution is 7.91. The van der Waals surface area contributed by atoms with Gasteiger partial charge in [-0.15, -0.1) is 0 Å². The Labute approximate surface area is 128 Å². The fourth-order valence-electron chi connectivity index (χ4n) is 1.76. The van der Waals surface area contributed by atoms with E-state index in [0.717, 1.165) is 0 Å². The Morgan fingerprint density at radius 3 is 2.57 bits per heavy atom. The Kier molecular flexibility index (Phi) is 4.36. The fraction of sp³-hybridized carbons (Fsp3) is 0.0714. The van der Waals surface area contributed by atoms with Crippen LogP contribution >= 0.6 is 11.6 Å². The summed E-state index contributed by atoms with van der Waals surface area (Å²) in [6.07, 6.45) is 0. The fourth-order valence-corrected chi connectivity index (χ4v) is 3.21. The third kappa shape index (κ3) is 3.88. The second-order valence-corrected chi connectivity index (χ2v) is 6.50. The lowest BCUT2D eigenvalue weighted by Gasteiger charge is -2.10. The highest BCUT2D eigenvalue weighted by Crippen LogP contribution is 2.22. The van der Waals surface area contributed by atoms with E-state index in [-0.39, 0.29) is 16.3 Å². The molecule has 3 N–H and O–H groups in total. The molecule has 2 aromatic carbocycles. The number of halogens is 1. The van der Waals surface area contributed by atoms with Crippen LogP contribution in [-0.2, 0) is 15.8 Å². The monoisotopic (exact) mass is 321 g/mol. The molecular weight excluding hydrogens is 310 g/mol. The normalized spacial score (nSPS) is 10.9. The molecule has 7 heteroatoms. The molecule has 0 amide bonds. The Bertz CT molecular complexity index is 813. The van der Waals surface area contributed by atoms with Crippen molar-refractivity contribution >= 4 is 33.0 Å². The van der Waals surface area contributed by atoms with Gasteiger partial charge < -0.3 is 5.73 Å². The SMILES string of the molecule is N#Cc1ccc(NS(=O)(=O)Cc2ccccc2N)cc1Cl. The van der Waals surface area contributed by atoms with E-state index in [9.17, 15) is 8.42 Å². The van der Waals surface area contributed by atoms with Gasteiger partial charge in [0, 0.05) is 5.69 Å². The largest absolute Gasteiger partial charge is 0.398 e. The summed E-state index contributed by atoms with van der Waals surface area (Å²) in [6.45, 7) is 0. The second kappa shape index (κ2) is 6.04. The highest BCUT2D eigenvalue weighted by atomic mass is 35.5. The summed E-state index contributed by atoms with van der Waals surface area (Å²) < 4.78 is 26.6. The van der Waals surface area contributed by atoms with Crippen LogP contribution in [0.25, 0.3) is 0 Å². The molecule has 2 aromatic rings. The molecule has 0 aromatic heterocycles. The molecule has 0 bridgehead atoms. The van der Waals surface area contributed by atoms with Gasteiger partial charge in [-0.2, -0.15) is 5.26 Å². The van der Waals surface area contributed by atoms with E-state index in [1.54, 1.807) is 24.3 Å². The number of anilines is 2. The van der Waals surface area contributed by atoms with Crippen molar-refractivity contribution in [1.29, 1.82) is 5.26 Å². The molecular formula is C14H12ClN3O2S. The van der Waals surface area contributed by atoms with Gasteiger partial charge in [-0.3, -0.25) is 4.72 Å². The molecule has 0 unspecified atom stereocenters. The summed E-state index contributed by atoms with van der Waals surface area (Å²) in [5, 5.41) is 8.97. The number of hydrogen-bond donors (Lipinski definition) is 2. The van der Waals surface area contributed by atoms with E-state index in [0.29, 0.717) is 16.9 Å². The summed E-state index contributed by atoms with van der Waals surface area (Å²) in [5.41, 5.74) is 7.25. The Morgan fingerprint density at radius 1 is 1.24 bits per heavy atom. The smallest absolute Gasteiger partial charge is 0.236 e. The number of hydrogen-bond acceptors (Lipinski definition) is 4. The predicted molar refractivity (Wildman–Crippen MR) is 83.3 cm³/mol. The lowest BCUT2D eigenvalue weighted by molar-refractivity contribution is 0.600. The molecule has 21 heavy (non-hydrogen) atoms. The third-order valence-corrected chi connectivity index (χ3v) is 4.31. The van der Waals surface area contributed by atoms with Crippen molar-refractivity contribution in [2.45, 2.75) is 5.75 Å². The first-order valence-corrected chi connectivity index (χ1v) is 7.98. The third-order valence-electron chi connectivity index (χ3n) is 2.76. The zero-order valence-electron chi connectivity index (χ0n) is 10.9. The van der Waals surface area contributed by atoms with Crippen LogP contribution in [0.4, 0.5) is 11.4 Å². The maximum Gasteiger partial charge on any atom is 0.236 e. The minimum Gasteiger partial charge on any atom is -0.398 e. The lowest BCUT2D eigenvalue weighted by Crippen LogP contribution is -2.16. The van der Waals surface area contributed by atoms with Crippen molar-refractivity contribution in [3.05, 3.63) is 58.6 Å². The number of para-hydroxylation sites is 1. The van der Waals surface area contributed by atoms with Crippen LogP contribution in [-0.4, -0.2) is 8.42 Å². The van der Waals surface area contributed by atoms with Gasteiger partial charge in [0.15, 0.2) is 0 Å². The first kappa shape index (κ1) is 15.2. The molecule has 2 rings (SSSR count). The highest BCUT2D eigenvalue weighted by Gasteiger charge is 2.14. The number of nitrogen functional groups attached to an aromatic ring is 1. The molecule has 0 aliphatic carbocycles. The predicted octanol–water partition coefficient (Wildman–Crippen LogP) is 2.74. The molecule has 108 valence electrons. The number of nitriles is 1. The van der Waals surface area contributed by atoms with Crippen LogP contribution < -0.4 is 10.5 Å². The number of benzene rings is 2. The van der Waals surface area contributed by atoms with Gasteiger partial charge in [-0.1, -0.05) is 29.8 Å². The van der Waals surface area contributed by atoms with Crippen LogP contribution in [0.3, 0.4) is 0 Å². The van der Waals surface area contributed by atoms with Crippen LogP contribution in [0.2, 0.25) is 5.02 Å². The number of sulfonamides is 1. The van der Waals surface area contributed by atoms with E-state index < -0.39 is 10.0 Å². The summed E-state index contributed by atoms with van der Waals surface area (Å²) in [5.74, 6) is -0.239. The molecule has 0 saturated carbocycles. The minimum atomic E-state index is -3.62. The summed E-state index contributed by atoms with van der Waals surface area (Å²) in [7, 11) is -3.62. The molecule has 0 radical (unpaired) electrons. The first-order chi connectivity index (χ1) is 9.91. The molecule has 0 aliphatic rings. The Balaban J connectivity index is 2.20. The van der Waals surface area contributed by atoms with E-state index in [4.69, 9.17) is 22.6 Å². The van der Waals surface area contributed by atoms with Crippen molar-refractivity contribution in [2.24, 2.45) is 0 Å². The zero-order chi connectivity index (χ0) is 15.5. The molecule has 0 saturated heterocycles. The molecule has 0 fully saturated rings. The maximum atomic E-state index is 12.1. The summed E-state index contributed by atoms with van der Waals surface area (Å²) >= 11 is 5.87. The van der Waals surface area contributed by atoms with Gasteiger partial charge in [-0.05, 0) is 29.8 Å². The topological polar surface area (TPSA) is 96.0 Å². The van der Waals surface area contributed by atoms with Crippen molar-refractivity contribution in [3.8, 4) is 6.07 Å².